The van der Waals surface area contributed by atoms with Crippen molar-refractivity contribution in [3.8, 4) is 0 Å². The van der Waals surface area contributed by atoms with Gasteiger partial charge in [0.15, 0.2) is 6.29 Å². The molecule has 1 heterocycles. The summed E-state index contributed by atoms with van der Waals surface area (Å²) in [6, 6.07) is 1.95. The molecule has 0 aromatic carbocycles. The summed E-state index contributed by atoms with van der Waals surface area (Å²) in [4.78, 5) is 10.6. The van der Waals surface area contributed by atoms with E-state index in [2.05, 4.69) is 10.8 Å². The molecule has 0 aliphatic rings. The van der Waals surface area contributed by atoms with Crippen molar-refractivity contribution in [2.75, 3.05) is 12.0 Å². The van der Waals surface area contributed by atoms with Crippen molar-refractivity contribution in [2.24, 2.45) is 0 Å². The minimum absolute atomic E-state index is 0.818. The van der Waals surface area contributed by atoms with E-state index in [0.717, 1.165) is 29.8 Å². The van der Waals surface area contributed by atoms with Crippen molar-refractivity contribution in [3.63, 3.8) is 0 Å². The zero-order valence-electron chi connectivity index (χ0n) is 8.33. The third kappa shape index (κ3) is 2.15. The maximum Gasteiger partial charge on any atom is 0.151 e. The molecule has 0 bridgehead atoms. The predicted octanol–water partition coefficient (Wildman–Crippen LogP) is 2.28. The molecule has 2 nitrogen and oxygen atoms in total. The number of thioether (sulfide) groups is 1. The number of aromatic nitrogens is 1. The van der Waals surface area contributed by atoms with Gasteiger partial charge in [0.1, 0.15) is 0 Å². The van der Waals surface area contributed by atoms with Gasteiger partial charge in [0.25, 0.3) is 0 Å². The molecular weight excluding hydrogens is 182 g/mol. The second kappa shape index (κ2) is 4.51. The van der Waals surface area contributed by atoms with Gasteiger partial charge < -0.3 is 4.57 Å². The summed E-state index contributed by atoms with van der Waals surface area (Å²) >= 11 is 1.82. The SMILES string of the molecule is CSCCn1c(C)cc(C=O)c1C. The molecule has 0 amide bonds. The molecule has 0 spiro atoms. The smallest absolute Gasteiger partial charge is 0.151 e. The first-order valence-electron chi connectivity index (χ1n) is 4.31. The molecule has 13 heavy (non-hydrogen) atoms. The van der Waals surface area contributed by atoms with Crippen molar-refractivity contribution in [1.82, 2.24) is 4.57 Å². The lowest BCUT2D eigenvalue weighted by Gasteiger charge is -2.07. The zero-order valence-corrected chi connectivity index (χ0v) is 9.15. The molecule has 0 radical (unpaired) electrons. The van der Waals surface area contributed by atoms with Crippen LogP contribution in [0.2, 0.25) is 0 Å². The van der Waals surface area contributed by atoms with Crippen molar-refractivity contribution in [2.45, 2.75) is 20.4 Å². The highest BCUT2D eigenvalue weighted by Crippen LogP contribution is 2.13. The van der Waals surface area contributed by atoms with Crippen LogP contribution in [-0.4, -0.2) is 22.9 Å². The lowest BCUT2D eigenvalue weighted by Crippen LogP contribution is -2.04. The van der Waals surface area contributed by atoms with E-state index in [1.54, 1.807) is 0 Å². The third-order valence-electron chi connectivity index (χ3n) is 2.26. The van der Waals surface area contributed by atoms with Crippen LogP contribution >= 0.6 is 11.8 Å². The standard InChI is InChI=1S/C10H15NOS/c1-8-6-10(7-12)9(2)11(8)4-5-13-3/h6-7H,4-5H2,1-3H3. The minimum atomic E-state index is 0.818. The topological polar surface area (TPSA) is 22.0 Å². The van der Waals surface area contributed by atoms with E-state index in [1.165, 1.54) is 5.69 Å². The molecule has 1 aromatic rings. The number of nitrogens with zero attached hydrogens (tertiary/aromatic N) is 1. The average Bonchev–Trinajstić information content (AvgIpc) is 2.39. The third-order valence-corrected chi connectivity index (χ3v) is 2.85. The average molecular weight is 197 g/mol. The number of aryl methyl sites for hydroxylation is 1. The van der Waals surface area contributed by atoms with Gasteiger partial charge in [-0.05, 0) is 26.2 Å². The second-order valence-electron chi connectivity index (χ2n) is 3.09. The second-order valence-corrected chi connectivity index (χ2v) is 4.07. The van der Waals surface area contributed by atoms with E-state index < -0.39 is 0 Å². The molecule has 1 rings (SSSR count). The van der Waals surface area contributed by atoms with Crippen LogP contribution in [0.1, 0.15) is 21.7 Å². The first-order chi connectivity index (χ1) is 6.20. The summed E-state index contributed by atoms with van der Waals surface area (Å²) in [5, 5.41) is 0. The van der Waals surface area contributed by atoms with Crippen LogP contribution in [0.3, 0.4) is 0 Å². The Bertz CT molecular complexity index is 304. The van der Waals surface area contributed by atoms with E-state index in [1.807, 2.05) is 31.7 Å². The van der Waals surface area contributed by atoms with Crippen molar-refractivity contribution in [1.29, 1.82) is 0 Å². The van der Waals surface area contributed by atoms with Crippen LogP contribution in [-0.2, 0) is 6.54 Å². The summed E-state index contributed by atoms with van der Waals surface area (Å²) in [7, 11) is 0. The van der Waals surface area contributed by atoms with Crippen molar-refractivity contribution in [3.05, 3.63) is 23.0 Å². The maximum absolute atomic E-state index is 10.6. The fraction of sp³-hybridized carbons (Fsp3) is 0.500. The lowest BCUT2D eigenvalue weighted by atomic mass is 10.3. The molecule has 0 aliphatic carbocycles. The van der Waals surface area contributed by atoms with E-state index in [0.29, 0.717) is 0 Å². The van der Waals surface area contributed by atoms with E-state index in [-0.39, 0.29) is 0 Å². The van der Waals surface area contributed by atoms with E-state index in [9.17, 15) is 4.79 Å². The Labute approximate surface area is 83.3 Å². The zero-order chi connectivity index (χ0) is 9.84. The summed E-state index contributed by atoms with van der Waals surface area (Å²) in [5.74, 6) is 1.09. The molecule has 0 fully saturated rings. The van der Waals surface area contributed by atoms with Crippen LogP contribution < -0.4 is 0 Å². The first-order valence-corrected chi connectivity index (χ1v) is 5.71. The number of hydrogen-bond donors (Lipinski definition) is 0. The van der Waals surface area contributed by atoms with Gasteiger partial charge in [0.05, 0.1) is 0 Å². The number of rotatable bonds is 4. The number of hydrogen-bond acceptors (Lipinski definition) is 2. The fourth-order valence-corrected chi connectivity index (χ4v) is 1.84. The highest BCUT2D eigenvalue weighted by atomic mass is 32.2. The molecule has 0 saturated heterocycles. The Morgan fingerprint density at radius 1 is 1.54 bits per heavy atom. The van der Waals surface area contributed by atoms with Gasteiger partial charge in [-0.1, -0.05) is 0 Å². The summed E-state index contributed by atoms with van der Waals surface area (Å²) in [6.07, 6.45) is 3.02. The summed E-state index contributed by atoms with van der Waals surface area (Å²) < 4.78 is 2.19. The van der Waals surface area contributed by atoms with Crippen LogP contribution in [0.15, 0.2) is 6.07 Å². The Balaban J connectivity index is 2.91. The van der Waals surface area contributed by atoms with Gasteiger partial charge in [-0.15, -0.1) is 0 Å². The molecule has 0 N–H and O–H groups in total. The quantitative estimate of drug-likeness (QED) is 0.691. The largest absolute Gasteiger partial charge is 0.348 e. The molecular formula is C10H15NOS. The molecule has 0 aliphatic heterocycles. The molecule has 72 valence electrons. The summed E-state index contributed by atoms with van der Waals surface area (Å²) in [6.45, 7) is 5.03. The molecule has 0 unspecified atom stereocenters. The van der Waals surface area contributed by atoms with Gasteiger partial charge in [-0.2, -0.15) is 11.8 Å². The molecule has 1 aromatic heterocycles. The lowest BCUT2D eigenvalue weighted by molar-refractivity contribution is 0.112. The van der Waals surface area contributed by atoms with Crippen LogP contribution in [0, 0.1) is 13.8 Å². The van der Waals surface area contributed by atoms with Crippen molar-refractivity contribution >= 4 is 18.0 Å². The highest BCUT2D eigenvalue weighted by Gasteiger charge is 2.06. The van der Waals surface area contributed by atoms with Crippen molar-refractivity contribution < 1.29 is 4.79 Å². The van der Waals surface area contributed by atoms with Gasteiger partial charge in [-0.3, -0.25) is 4.79 Å². The Morgan fingerprint density at radius 2 is 2.23 bits per heavy atom. The Hall–Kier alpha value is -0.700. The van der Waals surface area contributed by atoms with Gasteiger partial charge in [0, 0.05) is 29.2 Å². The monoisotopic (exact) mass is 197 g/mol. The van der Waals surface area contributed by atoms with E-state index in [4.69, 9.17) is 0 Å². The number of carbonyl (C=O) groups is 1. The van der Waals surface area contributed by atoms with Crippen LogP contribution in [0.5, 0.6) is 0 Å². The molecule has 3 heteroatoms. The maximum atomic E-state index is 10.6. The Morgan fingerprint density at radius 3 is 2.69 bits per heavy atom. The molecule has 0 saturated carbocycles. The number of carbonyl (C=O) groups excluding carboxylic acids is 1. The Kier molecular flexibility index (Phi) is 3.60. The predicted molar refractivity (Wildman–Crippen MR) is 57.7 cm³/mol. The van der Waals surface area contributed by atoms with E-state index >= 15 is 0 Å². The highest BCUT2D eigenvalue weighted by molar-refractivity contribution is 7.98. The van der Waals surface area contributed by atoms with Gasteiger partial charge >= 0.3 is 0 Å². The minimum Gasteiger partial charge on any atom is -0.348 e. The van der Waals surface area contributed by atoms with Gasteiger partial charge in [0.2, 0.25) is 0 Å². The molecule has 0 atom stereocenters. The normalized spacial score (nSPS) is 10.4. The summed E-state index contributed by atoms with van der Waals surface area (Å²) in [5.41, 5.74) is 3.08. The van der Waals surface area contributed by atoms with Gasteiger partial charge in [-0.25, -0.2) is 0 Å². The first kappa shape index (κ1) is 10.4. The van der Waals surface area contributed by atoms with Crippen LogP contribution in [0.4, 0.5) is 0 Å². The number of aldehydes is 1. The van der Waals surface area contributed by atoms with Crippen LogP contribution in [0.25, 0.3) is 0 Å². The fourth-order valence-electron chi connectivity index (χ4n) is 1.47.